The lowest BCUT2D eigenvalue weighted by Crippen LogP contribution is -2.42. The summed E-state index contributed by atoms with van der Waals surface area (Å²) >= 11 is 6.34. The topological polar surface area (TPSA) is 29.0 Å². The van der Waals surface area contributed by atoms with Crippen molar-refractivity contribution >= 4 is 17.4 Å². The van der Waals surface area contributed by atoms with Gasteiger partial charge in [-0.25, -0.2) is 9.97 Å². The molecule has 4 heteroatoms. The van der Waals surface area contributed by atoms with E-state index < -0.39 is 0 Å². The van der Waals surface area contributed by atoms with Crippen molar-refractivity contribution in [2.24, 2.45) is 11.8 Å². The molecular formula is C17H26ClN3. The predicted octanol–water partition coefficient (Wildman–Crippen LogP) is 4.58. The van der Waals surface area contributed by atoms with Crippen LogP contribution in [0.25, 0.3) is 0 Å². The predicted molar refractivity (Wildman–Crippen MR) is 88.1 cm³/mol. The molecule has 1 saturated carbocycles. The van der Waals surface area contributed by atoms with Gasteiger partial charge in [-0.15, -0.1) is 0 Å². The Morgan fingerprint density at radius 2 is 1.81 bits per heavy atom. The average Bonchev–Trinajstić information content (AvgIpc) is 2.49. The molecule has 21 heavy (non-hydrogen) atoms. The third-order valence-electron chi connectivity index (χ3n) is 5.19. The molecule has 0 radical (unpaired) electrons. The maximum Gasteiger partial charge on any atom is 0.137 e. The number of hydrogen-bond acceptors (Lipinski definition) is 3. The van der Waals surface area contributed by atoms with Gasteiger partial charge in [-0.05, 0) is 31.6 Å². The third-order valence-corrected chi connectivity index (χ3v) is 5.55. The molecular weight excluding hydrogens is 282 g/mol. The fraction of sp³-hybridized carbons (Fsp3) is 0.765. The molecule has 116 valence electrons. The van der Waals surface area contributed by atoms with E-state index in [9.17, 15) is 0 Å². The van der Waals surface area contributed by atoms with Gasteiger partial charge in [0.25, 0.3) is 0 Å². The Hall–Kier alpha value is -0.830. The van der Waals surface area contributed by atoms with E-state index in [-0.39, 0.29) is 0 Å². The van der Waals surface area contributed by atoms with Gasteiger partial charge >= 0.3 is 0 Å². The van der Waals surface area contributed by atoms with Gasteiger partial charge in [0.15, 0.2) is 0 Å². The van der Waals surface area contributed by atoms with E-state index in [1.54, 1.807) is 0 Å². The highest BCUT2D eigenvalue weighted by Crippen LogP contribution is 2.38. The van der Waals surface area contributed by atoms with E-state index in [4.69, 9.17) is 16.6 Å². The first-order chi connectivity index (χ1) is 10.1. The van der Waals surface area contributed by atoms with Crippen molar-refractivity contribution in [3.05, 3.63) is 16.5 Å². The first kappa shape index (κ1) is 15.1. The SMILES string of the molecule is Cc1c(Cl)nc(C(C)C)nc1N1CCC2CCCCC2C1. The lowest BCUT2D eigenvalue weighted by atomic mass is 9.75. The summed E-state index contributed by atoms with van der Waals surface area (Å²) in [4.78, 5) is 11.7. The smallest absolute Gasteiger partial charge is 0.137 e. The third kappa shape index (κ3) is 3.03. The first-order valence-corrected chi connectivity index (χ1v) is 8.73. The molecule has 1 aliphatic heterocycles. The molecule has 2 heterocycles. The minimum absolute atomic E-state index is 0.314. The van der Waals surface area contributed by atoms with Gasteiger partial charge in [-0.2, -0.15) is 0 Å². The van der Waals surface area contributed by atoms with E-state index in [1.165, 1.54) is 32.1 Å². The Morgan fingerprint density at radius 1 is 1.10 bits per heavy atom. The molecule has 2 atom stereocenters. The number of fused-ring (bicyclic) bond motifs is 1. The second-order valence-corrected chi connectivity index (χ2v) is 7.37. The number of aromatic nitrogens is 2. The van der Waals surface area contributed by atoms with Crippen LogP contribution < -0.4 is 4.90 Å². The lowest BCUT2D eigenvalue weighted by molar-refractivity contribution is 0.202. The first-order valence-electron chi connectivity index (χ1n) is 8.35. The van der Waals surface area contributed by atoms with Gasteiger partial charge in [0.2, 0.25) is 0 Å². The van der Waals surface area contributed by atoms with Crippen LogP contribution in [-0.2, 0) is 0 Å². The van der Waals surface area contributed by atoms with E-state index in [1.807, 2.05) is 0 Å². The van der Waals surface area contributed by atoms with E-state index in [0.717, 1.165) is 42.1 Å². The number of hydrogen-bond donors (Lipinski definition) is 0. The highest BCUT2D eigenvalue weighted by molar-refractivity contribution is 6.30. The Balaban J connectivity index is 1.86. The van der Waals surface area contributed by atoms with Crippen molar-refractivity contribution < 1.29 is 0 Å². The fourth-order valence-corrected chi connectivity index (χ4v) is 4.02. The van der Waals surface area contributed by atoms with Gasteiger partial charge in [0.05, 0.1) is 0 Å². The Bertz CT molecular complexity index is 515. The monoisotopic (exact) mass is 307 g/mol. The van der Waals surface area contributed by atoms with E-state index in [2.05, 4.69) is 30.7 Å². The van der Waals surface area contributed by atoms with Crippen molar-refractivity contribution in [2.75, 3.05) is 18.0 Å². The summed E-state index contributed by atoms with van der Waals surface area (Å²) in [7, 11) is 0. The maximum atomic E-state index is 6.34. The summed E-state index contributed by atoms with van der Waals surface area (Å²) in [5, 5.41) is 0.620. The minimum Gasteiger partial charge on any atom is -0.356 e. The van der Waals surface area contributed by atoms with Crippen LogP contribution in [0.2, 0.25) is 5.15 Å². The van der Waals surface area contributed by atoms with Crippen molar-refractivity contribution in [1.29, 1.82) is 0 Å². The van der Waals surface area contributed by atoms with Gasteiger partial charge in [-0.1, -0.05) is 44.7 Å². The summed E-state index contributed by atoms with van der Waals surface area (Å²) in [6.07, 6.45) is 6.95. The van der Waals surface area contributed by atoms with Crippen molar-refractivity contribution in [2.45, 2.75) is 58.8 Å². The molecule has 1 aromatic heterocycles. The van der Waals surface area contributed by atoms with Crippen LogP contribution in [0.3, 0.4) is 0 Å². The summed E-state index contributed by atoms with van der Waals surface area (Å²) in [6, 6.07) is 0. The van der Waals surface area contributed by atoms with Crippen LogP contribution in [0.5, 0.6) is 0 Å². The Labute approximate surface area is 133 Å². The normalized spacial score (nSPS) is 26.0. The minimum atomic E-state index is 0.314. The van der Waals surface area contributed by atoms with Crippen molar-refractivity contribution in [3.63, 3.8) is 0 Å². The maximum absolute atomic E-state index is 6.34. The van der Waals surface area contributed by atoms with Crippen LogP contribution in [0.1, 0.15) is 63.3 Å². The van der Waals surface area contributed by atoms with Crippen molar-refractivity contribution in [1.82, 2.24) is 9.97 Å². The molecule has 2 fully saturated rings. The molecule has 3 rings (SSSR count). The molecule has 0 amide bonds. The molecule has 0 bridgehead atoms. The highest BCUT2D eigenvalue weighted by atomic mass is 35.5. The van der Waals surface area contributed by atoms with Crippen LogP contribution in [0.4, 0.5) is 5.82 Å². The fourth-order valence-electron chi connectivity index (χ4n) is 3.85. The number of nitrogens with zero attached hydrogens (tertiary/aromatic N) is 3. The average molecular weight is 308 g/mol. The molecule has 0 spiro atoms. The van der Waals surface area contributed by atoms with E-state index >= 15 is 0 Å². The number of halogens is 1. The Kier molecular flexibility index (Phi) is 4.39. The van der Waals surface area contributed by atoms with Crippen molar-refractivity contribution in [3.8, 4) is 0 Å². The number of rotatable bonds is 2. The lowest BCUT2D eigenvalue weighted by Gasteiger charge is -2.42. The zero-order valence-electron chi connectivity index (χ0n) is 13.4. The molecule has 1 aromatic rings. The van der Waals surface area contributed by atoms with Crippen LogP contribution in [0, 0.1) is 18.8 Å². The van der Waals surface area contributed by atoms with E-state index in [0.29, 0.717) is 11.1 Å². The number of piperidine rings is 1. The van der Waals surface area contributed by atoms with Crippen LogP contribution >= 0.6 is 11.6 Å². The second kappa shape index (κ2) is 6.12. The molecule has 1 saturated heterocycles. The largest absolute Gasteiger partial charge is 0.356 e. The molecule has 2 unspecified atom stereocenters. The zero-order chi connectivity index (χ0) is 15.0. The second-order valence-electron chi connectivity index (χ2n) is 7.02. The van der Waals surface area contributed by atoms with Gasteiger partial charge in [0.1, 0.15) is 16.8 Å². The van der Waals surface area contributed by atoms with Gasteiger partial charge in [-0.3, -0.25) is 0 Å². The summed E-state index contributed by atoms with van der Waals surface area (Å²) < 4.78 is 0. The molecule has 2 aliphatic rings. The Morgan fingerprint density at radius 3 is 2.52 bits per heavy atom. The van der Waals surface area contributed by atoms with Crippen LogP contribution in [0.15, 0.2) is 0 Å². The summed E-state index contributed by atoms with van der Waals surface area (Å²) in [5.74, 6) is 4.04. The highest BCUT2D eigenvalue weighted by Gasteiger charge is 2.32. The molecule has 0 N–H and O–H groups in total. The zero-order valence-corrected chi connectivity index (χ0v) is 14.2. The van der Waals surface area contributed by atoms with Crippen LogP contribution in [-0.4, -0.2) is 23.1 Å². The summed E-state index contributed by atoms with van der Waals surface area (Å²) in [5.41, 5.74) is 1.04. The van der Waals surface area contributed by atoms with Gasteiger partial charge < -0.3 is 4.90 Å². The quantitative estimate of drug-likeness (QED) is 0.749. The summed E-state index contributed by atoms with van der Waals surface area (Å²) in [6.45, 7) is 8.56. The molecule has 0 aromatic carbocycles. The standard InChI is InChI=1S/C17H26ClN3/c1-11(2)16-19-15(18)12(3)17(20-16)21-9-8-13-6-4-5-7-14(13)10-21/h11,13-14H,4-10H2,1-3H3. The molecule has 3 nitrogen and oxygen atoms in total. The number of anilines is 1. The van der Waals surface area contributed by atoms with Gasteiger partial charge in [0, 0.05) is 24.6 Å². The molecule has 1 aliphatic carbocycles.